The van der Waals surface area contributed by atoms with Crippen LogP contribution in [0.2, 0.25) is 0 Å². The van der Waals surface area contributed by atoms with Crippen molar-refractivity contribution in [3.63, 3.8) is 0 Å². The van der Waals surface area contributed by atoms with Crippen LogP contribution < -0.4 is 20.4 Å². The number of hydrogen-bond acceptors (Lipinski definition) is 4. The zero-order chi connectivity index (χ0) is 16.9. The predicted molar refractivity (Wildman–Crippen MR) is 86.3 cm³/mol. The zero-order valence-corrected chi connectivity index (χ0v) is 13.7. The number of amides is 2. The van der Waals surface area contributed by atoms with Crippen molar-refractivity contribution in [2.75, 3.05) is 17.2 Å². The maximum absolute atomic E-state index is 12.0. The molecule has 0 saturated heterocycles. The summed E-state index contributed by atoms with van der Waals surface area (Å²) in [4.78, 5) is 14.7. The number of aromatic nitrogens is 1. The molecule has 1 heterocycles. The lowest BCUT2D eigenvalue weighted by Crippen LogP contribution is -2.21. The minimum Gasteiger partial charge on any atom is -0.492 e. The van der Waals surface area contributed by atoms with E-state index in [-0.39, 0.29) is 10.6 Å². The van der Waals surface area contributed by atoms with Crippen molar-refractivity contribution in [3.05, 3.63) is 42.7 Å². The fraction of sp³-hybridized carbons (Fsp3) is 0.143. The first-order valence-corrected chi connectivity index (χ1v) is 8.96. The number of benzene rings is 1. The van der Waals surface area contributed by atoms with Crippen LogP contribution in [-0.2, 0) is 9.05 Å². The number of anilines is 2. The fourth-order valence-electron chi connectivity index (χ4n) is 1.80. The van der Waals surface area contributed by atoms with E-state index in [0.29, 0.717) is 18.0 Å². The average molecular weight is 357 g/mol. The maximum atomic E-state index is 12.0. The van der Waals surface area contributed by atoms with E-state index in [1.807, 2.05) is 0 Å². The van der Waals surface area contributed by atoms with E-state index in [9.17, 15) is 13.2 Å². The maximum Gasteiger partial charge on any atom is 0.323 e. The van der Waals surface area contributed by atoms with Gasteiger partial charge in [-0.2, -0.15) is 0 Å². The van der Waals surface area contributed by atoms with Crippen LogP contribution in [0.15, 0.2) is 47.6 Å². The van der Waals surface area contributed by atoms with Gasteiger partial charge in [-0.15, -0.1) is 0 Å². The third-order valence-corrected chi connectivity index (χ3v) is 4.10. The van der Waals surface area contributed by atoms with E-state index >= 15 is 0 Å². The van der Waals surface area contributed by atoms with Crippen LogP contribution in [0, 0.1) is 0 Å². The number of hydrogen-bond donors (Lipinski definition) is 2. The van der Waals surface area contributed by atoms with Gasteiger partial charge in [0.1, 0.15) is 11.4 Å². The Morgan fingerprint density at radius 3 is 2.70 bits per heavy atom. The minimum atomic E-state index is -3.91. The van der Waals surface area contributed by atoms with Crippen molar-refractivity contribution in [3.8, 4) is 5.75 Å². The monoisotopic (exact) mass is 356 g/mol. The number of aromatic amines is 1. The molecule has 0 aliphatic heterocycles. The Hall–Kier alpha value is -2.32. The van der Waals surface area contributed by atoms with Crippen molar-refractivity contribution in [1.29, 1.82) is 0 Å². The van der Waals surface area contributed by atoms with Crippen LogP contribution in [0.3, 0.4) is 0 Å². The summed E-state index contributed by atoms with van der Waals surface area (Å²) < 4.78 is 28.2. The van der Waals surface area contributed by atoms with E-state index in [4.69, 9.17) is 15.4 Å². The summed E-state index contributed by atoms with van der Waals surface area (Å²) in [5, 5.41) is 5.14. The molecule has 0 spiro atoms. The van der Waals surface area contributed by atoms with Crippen LogP contribution in [0.5, 0.6) is 5.75 Å². The van der Waals surface area contributed by atoms with Crippen LogP contribution in [0.4, 0.5) is 16.2 Å². The molecule has 2 rings (SSSR count). The summed E-state index contributed by atoms with van der Waals surface area (Å²) in [5.74, 6) is 0.339. The summed E-state index contributed by atoms with van der Waals surface area (Å²) in [6.07, 6.45) is 3.30. The highest BCUT2D eigenvalue weighted by Gasteiger charge is 2.15. The van der Waals surface area contributed by atoms with Crippen LogP contribution in [0.1, 0.15) is 6.92 Å². The fourth-order valence-corrected chi connectivity index (χ4v) is 2.57. The normalized spacial score (nSPS) is 10.9. The Bertz CT molecular complexity index is 797. The molecule has 0 aliphatic carbocycles. The molecule has 0 radical (unpaired) electrons. The number of H-pyrrole nitrogens is 1. The molecule has 0 fully saturated rings. The van der Waals surface area contributed by atoms with Gasteiger partial charge in [-0.05, 0) is 31.2 Å². The number of carbonyl (C=O) groups excluding carboxylic acids is 1. The number of pyridine rings is 1. The SMILES string of the molecule is CCOc1ccc(S(=O)(=O)Cl)cc1NC(=O)Nc1ccc[nH+]c1. The van der Waals surface area contributed by atoms with E-state index in [1.165, 1.54) is 18.2 Å². The molecule has 122 valence electrons. The van der Waals surface area contributed by atoms with Gasteiger partial charge in [-0.1, -0.05) is 0 Å². The first kappa shape index (κ1) is 17.0. The molecule has 1 aromatic heterocycles. The molecule has 9 heteroatoms. The number of nitrogens with one attached hydrogen (secondary N) is 3. The van der Waals surface area contributed by atoms with Crippen molar-refractivity contribution in [2.24, 2.45) is 0 Å². The Balaban J connectivity index is 2.24. The zero-order valence-electron chi connectivity index (χ0n) is 12.2. The second-order valence-corrected chi connectivity index (χ2v) is 6.97. The molecule has 0 aliphatic rings. The number of rotatable bonds is 5. The number of halogens is 1. The minimum absolute atomic E-state index is 0.133. The molecule has 0 unspecified atom stereocenters. The van der Waals surface area contributed by atoms with Gasteiger partial charge in [0.25, 0.3) is 9.05 Å². The van der Waals surface area contributed by atoms with Crippen molar-refractivity contribution >= 4 is 37.1 Å². The second kappa shape index (κ2) is 7.30. The number of ether oxygens (including phenoxy) is 1. The van der Waals surface area contributed by atoms with Crippen molar-refractivity contribution in [2.45, 2.75) is 11.8 Å². The predicted octanol–water partition coefficient (Wildman–Crippen LogP) is 2.47. The van der Waals surface area contributed by atoms with E-state index in [2.05, 4.69) is 15.6 Å². The Kier molecular flexibility index (Phi) is 5.41. The first-order valence-electron chi connectivity index (χ1n) is 6.66. The van der Waals surface area contributed by atoms with Gasteiger partial charge in [0.15, 0.2) is 12.4 Å². The number of carbonyl (C=O) groups is 1. The lowest BCUT2D eigenvalue weighted by molar-refractivity contribution is -0.377. The van der Waals surface area contributed by atoms with Gasteiger partial charge in [0.2, 0.25) is 0 Å². The molecule has 7 nitrogen and oxygen atoms in total. The topological polar surface area (TPSA) is 98.6 Å². The van der Waals surface area contributed by atoms with Gasteiger partial charge in [-0.25, -0.2) is 18.2 Å². The highest BCUT2D eigenvalue weighted by molar-refractivity contribution is 8.13. The highest BCUT2D eigenvalue weighted by Crippen LogP contribution is 2.29. The van der Waals surface area contributed by atoms with Crippen molar-refractivity contribution < 1.29 is 22.9 Å². The van der Waals surface area contributed by atoms with Gasteiger partial charge in [-0.3, -0.25) is 0 Å². The van der Waals surface area contributed by atoms with Crippen molar-refractivity contribution in [1.82, 2.24) is 0 Å². The molecular formula is C14H15ClN3O4S+. The molecule has 0 bridgehead atoms. The third-order valence-electron chi connectivity index (χ3n) is 2.75. The van der Waals surface area contributed by atoms with E-state index in [1.54, 1.807) is 31.5 Å². The van der Waals surface area contributed by atoms with Gasteiger partial charge >= 0.3 is 6.03 Å². The number of urea groups is 1. The summed E-state index contributed by atoms with van der Waals surface area (Å²) in [5.41, 5.74) is 0.745. The lowest BCUT2D eigenvalue weighted by Gasteiger charge is -2.12. The third kappa shape index (κ3) is 4.83. The summed E-state index contributed by atoms with van der Waals surface area (Å²) in [7, 11) is 1.41. The smallest absolute Gasteiger partial charge is 0.323 e. The Morgan fingerprint density at radius 2 is 2.09 bits per heavy atom. The molecule has 2 aromatic rings. The summed E-state index contributed by atoms with van der Waals surface area (Å²) in [6.45, 7) is 2.13. The molecule has 3 N–H and O–H groups in total. The lowest BCUT2D eigenvalue weighted by atomic mass is 10.3. The molecule has 23 heavy (non-hydrogen) atoms. The average Bonchev–Trinajstić information content (AvgIpc) is 2.49. The van der Waals surface area contributed by atoms with Gasteiger partial charge in [0, 0.05) is 16.7 Å². The molecule has 1 aromatic carbocycles. The van der Waals surface area contributed by atoms with Crippen LogP contribution in [-0.4, -0.2) is 21.1 Å². The van der Waals surface area contributed by atoms with Gasteiger partial charge < -0.3 is 15.4 Å². The van der Waals surface area contributed by atoms with Gasteiger partial charge in [0.05, 0.1) is 17.2 Å². The Labute approximate surface area is 138 Å². The Morgan fingerprint density at radius 1 is 1.30 bits per heavy atom. The molecular weight excluding hydrogens is 342 g/mol. The van der Waals surface area contributed by atoms with E-state index in [0.717, 1.165) is 0 Å². The largest absolute Gasteiger partial charge is 0.492 e. The molecule has 0 atom stereocenters. The summed E-state index contributed by atoms with van der Waals surface area (Å²) in [6, 6.07) is 6.85. The van der Waals surface area contributed by atoms with E-state index < -0.39 is 15.1 Å². The first-order chi connectivity index (χ1) is 10.9. The standard InChI is InChI=1S/C14H14ClN3O4S/c1-2-22-13-6-5-11(23(15,20)21)8-12(13)18-14(19)17-10-4-3-7-16-9-10/h3-9H,2H2,1H3,(H2,17,18,19)/p+1. The second-order valence-electron chi connectivity index (χ2n) is 4.40. The van der Waals surface area contributed by atoms with Crippen LogP contribution >= 0.6 is 10.7 Å². The molecule has 2 amide bonds. The summed E-state index contributed by atoms with van der Waals surface area (Å²) >= 11 is 0. The van der Waals surface area contributed by atoms with Crippen LogP contribution in [0.25, 0.3) is 0 Å². The highest BCUT2D eigenvalue weighted by atomic mass is 35.7. The quantitative estimate of drug-likeness (QED) is 0.804. The molecule has 0 saturated carbocycles.